The van der Waals surface area contributed by atoms with Crippen molar-refractivity contribution in [3.05, 3.63) is 165 Å². The van der Waals surface area contributed by atoms with Gasteiger partial charge in [0.2, 0.25) is 5.79 Å². The molecule has 52 heavy (non-hydrogen) atoms. The van der Waals surface area contributed by atoms with Crippen LogP contribution in [0.4, 0.5) is 0 Å². The van der Waals surface area contributed by atoms with E-state index in [4.69, 9.17) is 33.2 Å². The summed E-state index contributed by atoms with van der Waals surface area (Å²) < 4.78 is 45.9. The van der Waals surface area contributed by atoms with Crippen LogP contribution in [-0.4, -0.2) is 51.0 Å². The first-order valence-electron chi connectivity index (χ1n) is 17.4. The molecule has 7 rings (SSSR count). The zero-order valence-electron chi connectivity index (χ0n) is 28.9. The van der Waals surface area contributed by atoms with E-state index in [2.05, 4.69) is 15.9 Å². The van der Waals surface area contributed by atoms with Crippen molar-refractivity contribution in [1.82, 2.24) is 0 Å². The summed E-state index contributed by atoms with van der Waals surface area (Å²) in [5, 5.41) is 0. The second-order valence-electron chi connectivity index (χ2n) is 12.8. The molecule has 0 bridgehead atoms. The van der Waals surface area contributed by atoms with Gasteiger partial charge < -0.3 is 38.0 Å². The summed E-state index contributed by atoms with van der Waals surface area (Å²) in [6, 6.07) is 41.5. The molecule has 9 heteroatoms. The molecule has 1 fully saturated rings. The normalized spacial score (nSPS) is 22.5. The van der Waals surface area contributed by atoms with Gasteiger partial charge in [0, 0.05) is 17.1 Å². The molecule has 0 unspecified atom stereocenters. The van der Waals surface area contributed by atoms with Gasteiger partial charge in [-0.1, -0.05) is 119 Å². The second kappa shape index (κ2) is 17.0. The third-order valence-electron chi connectivity index (χ3n) is 9.36. The minimum atomic E-state index is -1.56. The van der Waals surface area contributed by atoms with Crippen molar-refractivity contribution in [3.63, 3.8) is 0 Å². The van der Waals surface area contributed by atoms with Gasteiger partial charge in [0.15, 0.2) is 17.8 Å². The van der Waals surface area contributed by atoms with Crippen LogP contribution in [0.5, 0.6) is 11.5 Å². The molecule has 2 heterocycles. The topological polar surface area (TPSA) is 81.7 Å². The highest BCUT2D eigenvalue weighted by molar-refractivity contribution is 9.10. The number of halogens is 1. The summed E-state index contributed by atoms with van der Waals surface area (Å²) in [5.74, 6) is -0.0971. The van der Waals surface area contributed by atoms with Gasteiger partial charge in [0.25, 0.3) is 0 Å². The number of benzene rings is 5. The van der Waals surface area contributed by atoms with E-state index in [1.807, 2.05) is 127 Å². The van der Waals surface area contributed by atoms with Crippen molar-refractivity contribution in [2.75, 3.05) is 20.3 Å². The molecule has 0 amide bonds. The molecule has 268 valence electrons. The largest absolute Gasteiger partial charge is 0.486 e. The highest BCUT2D eigenvalue weighted by Crippen LogP contribution is 2.44. The summed E-state index contributed by atoms with van der Waals surface area (Å²) >= 11 is 3.77. The molecular weight excluding hydrogens is 724 g/mol. The van der Waals surface area contributed by atoms with Gasteiger partial charge in [0.1, 0.15) is 37.6 Å². The standard InChI is InChI=1S/C43H41BrO8/c1-46-43(35-18-19-36(44)34(25-35)23-33-17-20-37-38(24-33)48-22-21-47-37)42(51-29-32-15-9-4-10-16-32)41(50-28-31-13-7-3-8-14-31)40(39(26-45)52-43)49-27-30-11-5-2-6-12-30/h2-20,24-26,39-42H,21-23,27-29H2,1H3/t39-,40-,41-,42+,43-/m0/s1. The van der Waals surface area contributed by atoms with Crippen LogP contribution >= 0.6 is 15.9 Å². The Morgan fingerprint density at radius 3 is 1.85 bits per heavy atom. The van der Waals surface area contributed by atoms with Crippen molar-refractivity contribution in [2.24, 2.45) is 0 Å². The van der Waals surface area contributed by atoms with Crippen molar-refractivity contribution in [2.45, 2.75) is 56.4 Å². The monoisotopic (exact) mass is 764 g/mol. The predicted molar refractivity (Wildman–Crippen MR) is 199 cm³/mol. The summed E-state index contributed by atoms with van der Waals surface area (Å²) in [6.45, 7) is 1.78. The van der Waals surface area contributed by atoms with Gasteiger partial charge in [0.05, 0.1) is 19.8 Å². The third kappa shape index (κ3) is 8.15. The van der Waals surface area contributed by atoms with Crippen LogP contribution in [0.3, 0.4) is 0 Å². The Labute approximate surface area is 312 Å². The minimum absolute atomic E-state index is 0.239. The lowest BCUT2D eigenvalue weighted by Gasteiger charge is -2.51. The Balaban J connectivity index is 1.28. The smallest absolute Gasteiger partial charge is 0.225 e. The summed E-state index contributed by atoms with van der Waals surface area (Å²) in [4.78, 5) is 13.0. The van der Waals surface area contributed by atoms with Crippen molar-refractivity contribution in [1.29, 1.82) is 0 Å². The van der Waals surface area contributed by atoms with E-state index in [1.165, 1.54) is 0 Å². The Hall–Kier alpha value is -4.35. The van der Waals surface area contributed by atoms with E-state index >= 15 is 0 Å². The first kappa shape index (κ1) is 36.0. The molecule has 0 N–H and O–H groups in total. The number of rotatable bonds is 14. The number of hydrogen-bond donors (Lipinski definition) is 0. The van der Waals surface area contributed by atoms with Gasteiger partial charge in [-0.3, -0.25) is 0 Å². The van der Waals surface area contributed by atoms with Crippen molar-refractivity contribution in [3.8, 4) is 11.5 Å². The number of fused-ring (bicyclic) bond motifs is 1. The van der Waals surface area contributed by atoms with Crippen LogP contribution in [0, 0.1) is 0 Å². The molecule has 5 aromatic carbocycles. The Bertz CT molecular complexity index is 1910. The Kier molecular flexibility index (Phi) is 11.8. The lowest BCUT2D eigenvalue weighted by molar-refractivity contribution is -0.373. The fourth-order valence-corrected chi connectivity index (χ4v) is 7.13. The minimum Gasteiger partial charge on any atom is -0.486 e. The lowest BCUT2D eigenvalue weighted by atomic mass is 9.86. The number of carbonyl (C=O) groups is 1. The fourth-order valence-electron chi connectivity index (χ4n) is 6.75. The van der Waals surface area contributed by atoms with E-state index < -0.39 is 30.2 Å². The molecule has 8 nitrogen and oxygen atoms in total. The maximum absolute atomic E-state index is 13.0. The summed E-state index contributed by atoms with van der Waals surface area (Å²) in [6.07, 6.45) is -2.19. The first-order valence-corrected chi connectivity index (χ1v) is 18.2. The molecule has 5 aromatic rings. The Morgan fingerprint density at radius 2 is 1.25 bits per heavy atom. The summed E-state index contributed by atoms with van der Waals surface area (Å²) in [5.41, 5.74) is 5.57. The van der Waals surface area contributed by atoms with Gasteiger partial charge in [-0.2, -0.15) is 0 Å². The summed E-state index contributed by atoms with van der Waals surface area (Å²) in [7, 11) is 1.57. The molecule has 2 aliphatic rings. The molecule has 2 aliphatic heterocycles. The zero-order chi connectivity index (χ0) is 35.8. The van der Waals surface area contributed by atoms with Gasteiger partial charge in [-0.15, -0.1) is 0 Å². The Morgan fingerprint density at radius 1 is 0.673 bits per heavy atom. The van der Waals surface area contributed by atoms with Gasteiger partial charge >= 0.3 is 0 Å². The number of hydrogen-bond acceptors (Lipinski definition) is 8. The third-order valence-corrected chi connectivity index (χ3v) is 10.1. The van der Waals surface area contributed by atoms with Crippen molar-refractivity contribution >= 4 is 22.2 Å². The first-order chi connectivity index (χ1) is 25.6. The molecule has 0 aliphatic carbocycles. The lowest BCUT2D eigenvalue weighted by Crippen LogP contribution is -2.65. The van der Waals surface area contributed by atoms with Crippen LogP contribution in [0.15, 0.2) is 132 Å². The quantitative estimate of drug-likeness (QED) is 0.105. The van der Waals surface area contributed by atoms with Gasteiger partial charge in [-0.25, -0.2) is 0 Å². The van der Waals surface area contributed by atoms with E-state index in [0.29, 0.717) is 25.2 Å². The van der Waals surface area contributed by atoms with Crippen LogP contribution in [-0.2, 0) is 60.5 Å². The fraction of sp³-hybridized carbons (Fsp3) is 0.279. The SMILES string of the molecule is CO[C@@]1(c2ccc(Br)c(Cc3ccc4c(c3)OCCO4)c2)O[C@@H](C=O)[C@H](OCc2ccccc2)[C@H](OCc2ccccc2)[C@H]1OCc1ccccc1. The highest BCUT2D eigenvalue weighted by Gasteiger charge is 2.58. The maximum atomic E-state index is 13.0. The average molecular weight is 766 g/mol. The van der Waals surface area contributed by atoms with Crippen molar-refractivity contribution < 1.29 is 38.0 Å². The van der Waals surface area contributed by atoms with Crippen LogP contribution in [0.1, 0.15) is 33.4 Å². The van der Waals surface area contributed by atoms with E-state index in [-0.39, 0.29) is 19.8 Å². The molecule has 0 radical (unpaired) electrons. The molecule has 0 spiro atoms. The number of ether oxygens (including phenoxy) is 7. The van der Waals surface area contributed by atoms with E-state index in [9.17, 15) is 4.79 Å². The van der Waals surface area contributed by atoms with Crippen LogP contribution in [0.2, 0.25) is 0 Å². The average Bonchev–Trinajstić information content (AvgIpc) is 3.20. The number of carbonyl (C=O) groups excluding carboxylic acids is 1. The highest BCUT2D eigenvalue weighted by atomic mass is 79.9. The molecule has 5 atom stereocenters. The molecule has 0 saturated carbocycles. The number of aldehydes is 1. The molecule has 0 aromatic heterocycles. The van der Waals surface area contributed by atoms with Gasteiger partial charge in [-0.05, 0) is 58.5 Å². The van der Waals surface area contributed by atoms with Crippen LogP contribution in [0.25, 0.3) is 0 Å². The van der Waals surface area contributed by atoms with E-state index in [1.54, 1.807) is 7.11 Å². The molecule has 1 saturated heterocycles. The van der Waals surface area contributed by atoms with E-state index in [0.717, 1.165) is 50.1 Å². The molecular formula is C43H41BrO8. The second-order valence-corrected chi connectivity index (χ2v) is 13.6. The van der Waals surface area contributed by atoms with Crippen LogP contribution < -0.4 is 9.47 Å². The number of methoxy groups -OCH3 is 1. The zero-order valence-corrected chi connectivity index (χ0v) is 30.5. The maximum Gasteiger partial charge on any atom is 0.225 e. The predicted octanol–water partition coefficient (Wildman–Crippen LogP) is 7.96.